The van der Waals surface area contributed by atoms with Crippen molar-refractivity contribution in [3.05, 3.63) is 29.3 Å². The first-order valence-electron chi connectivity index (χ1n) is 5.00. The van der Waals surface area contributed by atoms with E-state index in [1.165, 1.54) is 11.8 Å². The molecule has 6 heteroatoms. The van der Waals surface area contributed by atoms with Crippen LogP contribution in [0, 0.1) is 0 Å². The Labute approximate surface area is 107 Å². The van der Waals surface area contributed by atoms with Crippen LogP contribution in [0.15, 0.2) is 29.2 Å². The van der Waals surface area contributed by atoms with Gasteiger partial charge in [-0.25, -0.2) is 0 Å². The van der Waals surface area contributed by atoms with Crippen LogP contribution in [0.4, 0.5) is 13.2 Å². The van der Waals surface area contributed by atoms with Crippen LogP contribution in [0.2, 0.25) is 5.02 Å². The zero-order chi connectivity index (χ0) is 12.9. The molecule has 0 spiro atoms. The SMILES string of the molecule is OC(CCC(F)(F)F)CSc1ccc(Cl)cc1. The van der Waals surface area contributed by atoms with Gasteiger partial charge in [0.15, 0.2) is 0 Å². The van der Waals surface area contributed by atoms with Gasteiger partial charge in [0.2, 0.25) is 0 Å². The lowest BCUT2D eigenvalue weighted by Gasteiger charge is -2.11. The minimum absolute atomic E-state index is 0.248. The predicted octanol–water partition coefficient (Wildman–Crippen LogP) is 4.14. The number of hydrogen-bond donors (Lipinski definition) is 1. The highest BCUT2D eigenvalue weighted by Gasteiger charge is 2.27. The minimum atomic E-state index is -4.20. The van der Waals surface area contributed by atoms with E-state index in [2.05, 4.69) is 0 Å². The molecule has 0 bridgehead atoms. The van der Waals surface area contributed by atoms with Gasteiger partial charge in [-0.1, -0.05) is 11.6 Å². The third kappa shape index (κ3) is 6.81. The Morgan fingerprint density at radius 1 is 1.24 bits per heavy atom. The topological polar surface area (TPSA) is 20.2 Å². The van der Waals surface area contributed by atoms with Crippen molar-refractivity contribution in [1.29, 1.82) is 0 Å². The summed E-state index contributed by atoms with van der Waals surface area (Å²) in [6, 6.07) is 6.94. The second-order valence-electron chi connectivity index (χ2n) is 3.57. The summed E-state index contributed by atoms with van der Waals surface area (Å²) in [5.74, 6) is 0.248. The molecule has 0 fully saturated rings. The number of thioether (sulfide) groups is 1. The molecule has 0 aliphatic heterocycles. The van der Waals surface area contributed by atoms with Crippen molar-refractivity contribution in [3.63, 3.8) is 0 Å². The maximum Gasteiger partial charge on any atom is 0.389 e. The van der Waals surface area contributed by atoms with E-state index in [0.29, 0.717) is 5.02 Å². The lowest BCUT2D eigenvalue weighted by Crippen LogP contribution is -2.16. The van der Waals surface area contributed by atoms with Crippen LogP contribution in [0.5, 0.6) is 0 Å². The predicted molar refractivity (Wildman–Crippen MR) is 63.5 cm³/mol. The summed E-state index contributed by atoms with van der Waals surface area (Å²) >= 11 is 7.00. The lowest BCUT2D eigenvalue weighted by atomic mass is 10.2. The van der Waals surface area contributed by atoms with E-state index < -0.39 is 18.7 Å². The summed E-state index contributed by atoms with van der Waals surface area (Å²) in [4.78, 5) is 0.875. The fraction of sp³-hybridized carbons (Fsp3) is 0.455. The van der Waals surface area contributed by atoms with Crippen molar-refractivity contribution >= 4 is 23.4 Å². The zero-order valence-electron chi connectivity index (χ0n) is 8.88. The molecule has 0 aromatic heterocycles. The summed E-state index contributed by atoms with van der Waals surface area (Å²) in [7, 11) is 0. The molecule has 0 radical (unpaired) electrons. The molecule has 0 heterocycles. The van der Waals surface area contributed by atoms with Crippen LogP contribution in [0.3, 0.4) is 0 Å². The first kappa shape index (κ1) is 14.7. The molecule has 1 N–H and O–H groups in total. The van der Waals surface area contributed by atoms with Crippen LogP contribution in [-0.2, 0) is 0 Å². The van der Waals surface area contributed by atoms with Gasteiger partial charge < -0.3 is 5.11 Å². The van der Waals surface area contributed by atoms with Crippen molar-refractivity contribution in [1.82, 2.24) is 0 Å². The molecular formula is C11H12ClF3OS. The molecule has 0 aliphatic rings. The summed E-state index contributed by atoms with van der Waals surface area (Å²) in [6.45, 7) is 0. The fourth-order valence-electron chi connectivity index (χ4n) is 1.14. The van der Waals surface area contributed by atoms with Crippen LogP contribution < -0.4 is 0 Å². The van der Waals surface area contributed by atoms with E-state index in [0.717, 1.165) is 4.90 Å². The van der Waals surface area contributed by atoms with Gasteiger partial charge in [0.05, 0.1) is 6.10 Å². The monoisotopic (exact) mass is 284 g/mol. The molecule has 1 rings (SSSR count). The van der Waals surface area contributed by atoms with E-state index >= 15 is 0 Å². The molecule has 1 aromatic rings. The molecule has 0 saturated heterocycles. The second kappa shape index (κ2) is 6.52. The highest BCUT2D eigenvalue weighted by Crippen LogP contribution is 2.25. The van der Waals surface area contributed by atoms with Gasteiger partial charge in [-0.2, -0.15) is 13.2 Å². The molecule has 0 amide bonds. The highest BCUT2D eigenvalue weighted by atomic mass is 35.5. The van der Waals surface area contributed by atoms with Gasteiger partial charge in [0.25, 0.3) is 0 Å². The minimum Gasteiger partial charge on any atom is -0.392 e. The normalized spacial score (nSPS) is 13.7. The molecule has 0 aliphatic carbocycles. The van der Waals surface area contributed by atoms with E-state index in [-0.39, 0.29) is 12.2 Å². The van der Waals surface area contributed by atoms with Crippen LogP contribution in [0.1, 0.15) is 12.8 Å². The van der Waals surface area contributed by atoms with Gasteiger partial charge in [-0.15, -0.1) is 11.8 Å². The summed E-state index contributed by atoms with van der Waals surface area (Å²) in [5, 5.41) is 9.99. The Balaban J connectivity index is 2.28. The Bertz CT molecular complexity index is 340. The summed E-state index contributed by atoms with van der Waals surface area (Å²) in [6.07, 6.45) is -6.36. The Kier molecular flexibility index (Phi) is 5.62. The van der Waals surface area contributed by atoms with Crippen LogP contribution in [-0.4, -0.2) is 23.1 Å². The van der Waals surface area contributed by atoms with Gasteiger partial charge in [-0.3, -0.25) is 0 Å². The van der Waals surface area contributed by atoms with Gasteiger partial charge in [0, 0.05) is 22.1 Å². The van der Waals surface area contributed by atoms with Crippen LogP contribution in [0.25, 0.3) is 0 Å². The molecule has 1 atom stereocenters. The molecule has 1 aromatic carbocycles. The molecule has 0 saturated carbocycles. The second-order valence-corrected chi connectivity index (χ2v) is 5.10. The third-order valence-electron chi connectivity index (χ3n) is 2.02. The zero-order valence-corrected chi connectivity index (χ0v) is 10.4. The largest absolute Gasteiger partial charge is 0.392 e. The van der Waals surface area contributed by atoms with E-state index in [1.54, 1.807) is 24.3 Å². The maximum atomic E-state index is 11.9. The van der Waals surface area contributed by atoms with Crippen molar-refractivity contribution in [2.45, 2.75) is 30.0 Å². The Morgan fingerprint density at radius 3 is 2.35 bits per heavy atom. The summed E-state index contributed by atoms with van der Waals surface area (Å²) in [5.41, 5.74) is 0. The number of rotatable bonds is 5. The van der Waals surface area contributed by atoms with Crippen molar-refractivity contribution < 1.29 is 18.3 Å². The fourth-order valence-corrected chi connectivity index (χ4v) is 2.14. The lowest BCUT2D eigenvalue weighted by molar-refractivity contribution is -0.139. The standard InChI is InChI=1S/C11H12ClF3OS/c12-8-1-3-10(4-2-8)17-7-9(16)5-6-11(13,14)15/h1-4,9,16H,5-7H2. The molecular weight excluding hydrogens is 273 g/mol. The van der Waals surface area contributed by atoms with E-state index in [9.17, 15) is 18.3 Å². The van der Waals surface area contributed by atoms with Gasteiger partial charge >= 0.3 is 6.18 Å². The summed E-state index contributed by atoms with van der Waals surface area (Å²) < 4.78 is 35.7. The van der Waals surface area contributed by atoms with Gasteiger partial charge in [-0.05, 0) is 30.7 Å². The molecule has 1 unspecified atom stereocenters. The number of benzene rings is 1. The average Bonchev–Trinajstić information content (AvgIpc) is 2.25. The average molecular weight is 285 g/mol. The van der Waals surface area contributed by atoms with Crippen LogP contribution >= 0.6 is 23.4 Å². The first-order chi connectivity index (χ1) is 7.87. The van der Waals surface area contributed by atoms with Crippen molar-refractivity contribution in [3.8, 4) is 0 Å². The number of alkyl halides is 3. The van der Waals surface area contributed by atoms with E-state index in [4.69, 9.17) is 11.6 Å². The van der Waals surface area contributed by atoms with Crippen molar-refractivity contribution in [2.24, 2.45) is 0 Å². The number of hydrogen-bond acceptors (Lipinski definition) is 2. The molecule has 1 nitrogen and oxygen atoms in total. The number of aliphatic hydroxyl groups excluding tert-OH is 1. The third-order valence-corrected chi connectivity index (χ3v) is 3.43. The van der Waals surface area contributed by atoms with Crippen molar-refractivity contribution in [2.75, 3.05) is 5.75 Å². The smallest absolute Gasteiger partial charge is 0.389 e. The molecule has 17 heavy (non-hydrogen) atoms. The highest BCUT2D eigenvalue weighted by molar-refractivity contribution is 7.99. The quantitative estimate of drug-likeness (QED) is 0.820. The number of halogens is 4. The van der Waals surface area contributed by atoms with E-state index in [1.807, 2.05) is 0 Å². The number of aliphatic hydroxyl groups is 1. The Morgan fingerprint density at radius 2 is 1.82 bits per heavy atom. The molecule has 96 valence electrons. The van der Waals surface area contributed by atoms with Gasteiger partial charge in [0.1, 0.15) is 0 Å². The Hall–Kier alpha value is -0.390. The maximum absolute atomic E-state index is 11.9. The first-order valence-corrected chi connectivity index (χ1v) is 6.36.